The van der Waals surface area contributed by atoms with Crippen molar-refractivity contribution in [3.8, 4) is 5.75 Å². The summed E-state index contributed by atoms with van der Waals surface area (Å²) in [4.78, 5) is 22.6. The number of amides is 1. The van der Waals surface area contributed by atoms with E-state index in [1.807, 2.05) is 12.1 Å². The molecule has 0 spiro atoms. The van der Waals surface area contributed by atoms with Gasteiger partial charge in [-0.2, -0.15) is 0 Å². The Balaban J connectivity index is 2.05. The van der Waals surface area contributed by atoms with E-state index in [1.54, 1.807) is 12.1 Å². The number of carbonyl (C=O) groups excluding carboxylic acids is 1. The molecule has 2 rings (SSSR count). The maximum atomic E-state index is 12.0. The Morgan fingerprint density at radius 1 is 1.21 bits per heavy atom. The van der Waals surface area contributed by atoms with Gasteiger partial charge in [-0.15, -0.1) is 0 Å². The van der Waals surface area contributed by atoms with E-state index < -0.39 is 10.8 Å². The van der Waals surface area contributed by atoms with Crippen molar-refractivity contribution in [1.29, 1.82) is 0 Å². The molecule has 0 unspecified atom stereocenters. The van der Waals surface area contributed by atoms with Crippen LogP contribution in [0, 0.1) is 10.1 Å². The Bertz CT molecular complexity index is 783. The number of nitrogens with zero attached hydrogens (tertiary/aromatic N) is 1. The second-order valence-electron chi connectivity index (χ2n) is 4.67. The van der Waals surface area contributed by atoms with Crippen molar-refractivity contribution in [2.24, 2.45) is 0 Å². The van der Waals surface area contributed by atoms with Crippen LogP contribution in [0.1, 0.15) is 0 Å². The number of carbonyl (C=O) groups is 1. The summed E-state index contributed by atoms with van der Waals surface area (Å²) < 4.78 is 6.65. The molecule has 2 aromatic carbocycles. The molecule has 0 aliphatic rings. The first-order valence-corrected chi connectivity index (χ1v) is 8.30. The molecule has 2 N–H and O–H groups in total. The van der Waals surface area contributed by atoms with Crippen molar-refractivity contribution in [2.75, 3.05) is 24.3 Å². The zero-order valence-corrected chi connectivity index (χ0v) is 15.7. The number of ether oxygens (including phenoxy) is 1. The first-order chi connectivity index (χ1) is 11.4. The van der Waals surface area contributed by atoms with Gasteiger partial charge in [0.2, 0.25) is 5.91 Å². The van der Waals surface area contributed by atoms with E-state index in [9.17, 15) is 14.9 Å². The van der Waals surface area contributed by atoms with E-state index in [0.717, 1.165) is 14.6 Å². The van der Waals surface area contributed by atoms with Crippen LogP contribution in [0.25, 0.3) is 0 Å². The highest BCUT2D eigenvalue weighted by molar-refractivity contribution is 9.11. The molecule has 0 bridgehead atoms. The molecule has 126 valence electrons. The number of hydrogen-bond acceptors (Lipinski definition) is 5. The summed E-state index contributed by atoms with van der Waals surface area (Å²) in [5, 5.41) is 16.6. The third kappa shape index (κ3) is 4.68. The lowest BCUT2D eigenvalue weighted by atomic mass is 10.2. The standard InChI is InChI=1S/C15H13Br2N3O4/c1-24-10-3-5-13(14(7-10)20(22)23)19-15(21)8-18-12-4-2-9(16)6-11(12)17/h2-7,18H,8H2,1H3,(H,19,21). The van der Waals surface area contributed by atoms with Gasteiger partial charge in [-0.25, -0.2) is 0 Å². The largest absolute Gasteiger partial charge is 0.496 e. The zero-order chi connectivity index (χ0) is 17.7. The first-order valence-electron chi connectivity index (χ1n) is 6.72. The number of hydrogen-bond donors (Lipinski definition) is 2. The molecule has 0 aliphatic carbocycles. The van der Waals surface area contributed by atoms with Crippen LogP contribution in [0.4, 0.5) is 17.1 Å². The van der Waals surface area contributed by atoms with E-state index in [0.29, 0.717) is 5.75 Å². The summed E-state index contributed by atoms with van der Waals surface area (Å²) in [6.07, 6.45) is 0. The number of methoxy groups -OCH3 is 1. The van der Waals surface area contributed by atoms with E-state index in [1.165, 1.54) is 19.2 Å². The van der Waals surface area contributed by atoms with Crippen LogP contribution in [0.5, 0.6) is 5.75 Å². The van der Waals surface area contributed by atoms with Crippen LogP contribution in [0.15, 0.2) is 45.3 Å². The van der Waals surface area contributed by atoms with Crippen LogP contribution in [0.2, 0.25) is 0 Å². The second-order valence-corrected chi connectivity index (χ2v) is 6.44. The molecule has 0 radical (unpaired) electrons. The number of nitro groups is 1. The van der Waals surface area contributed by atoms with Gasteiger partial charge in [-0.05, 0) is 46.3 Å². The van der Waals surface area contributed by atoms with Gasteiger partial charge in [0.25, 0.3) is 5.69 Å². The smallest absolute Gasteiger partial charge is 0.296 e. The highest BCUT2D eigenvalue weighted by Gasteiger charge is 2.17. The quantitative estimate of drug-likeness (QED) is 0.500. The fraction of sp³-hybridized carbons (Fsp3) is 0.133. The summed E-state index contributed by atoms with van der Waals surface area (Å²) in [6, 6.07) is 9.71. The molecule has 7 nitrogen and oxygen atoms in total. The van der Waals surface area contributed by atoms with Gasteiger partial charge in [-0.3, -0.25) is 14.9 Å². The number of nitro benzene ring substituents is 1. The van der Waals surface area contributed by atoms with Crippen molar-refractivity contribution < 1.29 is 14.5 Å². The summed E-state index contributed by atoms with van der Waals surface area (Å²) >= 11 is 6.73. The van der Waals surface area contributed by atoms with Crippen LogP contribution >= 0.6 is 31.9 Å². The van der Waals surface area contributed by atoms with Gasteiger partial charge in [0.05, 0.1) is 24.6 Å². The lowest BCUT2D eigenvalue weighted by molar-refractivity contribution is -0.384. The molecule has 9 heteroatoms. The van der Waals surface area contributed by atoms with Gasteiger partial charge in [0, 0.05) is 14.6 Å². The molecule has 24 heavy (non-hydrogen) atoms. The lowest BCUT2D eigenvalue weighted by Crippen LogP contribution is -2.22. The number of benzene rings is 2. The minimum Gasteiger partial charge on any atom is -0.496 e. The normalized spacial score (nSPS) is 10.1. The zero-order valence-electron chi connectivity index (χ0n) is 12.5. The van der Waals surface area contributed by atoms with Crippen molar-refractivity contribution >= 4 is 54.8 Å². The summed E-state index contributed by atoms with van der Waals surface area (Å²) in [5.41, 5.74) is 0.618. The van der Waals surface area contributed by atoms with Gasteiger partial charge >= 0.3 is 0 Å². The number of rotatable bonds is 6. The van der Waals surface area contributed by atoms with E-state index in [-0.39, 0.29) is 17.9 Å². The van der Waals surface area contributed by atoms with Crippen molar-refractivity contribution in [3.63, 3.8) is 0 Å². The third-order valence-corrected chi connectivity index (χ3v) is 4.20. The monoisotopic (exact) mass is 457 g/mol. The fourth-order valence-electron chi connectivity index (χ4n) is 1.90. The van der Waals surface area contributed by atoms with E-state index >= 15 is 0 Å². The summed E-state index contributed by atoms with van der Waals surface area (Å²) in [5.74, 6) is -0.0605. The Morgan fingerprint density at radius 2 is 1.92 bits per heavy atom. The summed E-state index contributed by atoms with van der Waals surface area (Å²) in [7, 11) is 1.41. The Hall–Kier alpha value is -2.13. The Labute approximate surface area is 154 Å². The average molecular weight is 459 g/mol. The number of anilines is 2. The number of nitrogens with one attached hydrogen (secondary N) is 2. The van der Waals surface area contributed by atoms with Crippen LogP contribution in [-0.4, -0.2) is 24.5 Å². The Kier molecular flexibility index (Phi) is 6.16. The van der Waals surface area contributed by atoms with Gasteiger partial charge < -0.3 is 15.4 Å². The molecule has 0 aliphatic heterocycles. The SMILES string of the molecule is COc1ccc(NC(=O)CNc2ccc(Br)cc2Br)c([N+](=O)[O-])c1. The molecular weight excluding hydrogens is 446 g/mol. The molecule has 0 aromatic heterocycles. The molecular formula is C15H13Br2N3O4. The minimum absolute atomic E-state index is 0.0383. The predicted octanol–water partition coefficient (Wildman–Crippen LogP) is 4.18. The molecule has 0 saturated carbocycles. The molecule has 0 heterocycles. The highest BCUT2D eigenvalue weighted by atomic mass is 79.9. The van der Waals surface area contributed by atoms with E-state index in [4.69, 9.17) is 4.74 Å². The number of halogens is 2. The van der Waals surface area contributed by atoms with Crippen molar-refractivity contribution in [3.05, 3.63) is 55.5 Å². The fourth-order valence-corrected chi connectivity index (χ4v) is 3.09. The van der Waals surface area contributed by atoms with Crippen LogP contribution in [0.3, 0.4) is 0 Å². The van der Waals surface area contributed by atoms with Gasteiger partial charge in [0.15, 0.2) is 0 Å². The van der Waals surface area contributed by atoms with E-state index in [2.05, 4.69) is 42.5 Å². The van der Waals surface area contributed by atoms with Crippen LogP contribution in [-0.2, 0) is 4.79 Å². The molecule has 0 saturated heterocycles. The van der Waals surface area contributed by atoms with Crippen molar-refractivity contribution in [2.45, 2.75) is 0 Å². The first kappa shape index (κ1) is 18.2. The maximum absolute atomic E-state index is 12.0. The third-order valence-electron chi connectivity index (χ3n) is 3.05. The Morgan fingerprint density at radius 3 is 2.54 bits per heavy atom. The molecule has 0 fully saturated rings. The van der Waals surface area contributed by atoms with Crippen LogP contribution < -0.4 is 15.4 Å². The van der Waals surface area contributed by atoms with Gasteiger partial charge in [0.1, 0.15) is 11.4 Å². The lowest BCUT2D eigenvalue weighted by Gasteiger charge is -2.10. The second kappa shape index (κ2) is 8.11. The maximum Gasteiger partial charge on any atom is 0.296 e. The van der Waals surface area contributed by atoms with Gasteiger partial charge in [-0.1, -0.05) is 15.9 Å². The topological polar surface area (TPSA) is 93.5 Å². The molecule has 2 aromatic rings. The molecule has 1 amide bonds. The predicted molar refractivity (Wildman–Crippen MR) is 98.6 cm³/mol. The highest BCUT2D eigenvalue weighted by Crippen LogP contribution is 2.29. The summed E-state index contributed by atoms with van der Waals surface area (Å²) in [6.45, 7) is -0.0383. The average Bonchev–Trinajstić information content (AvgIpc) is 2.54. The minimum atomic E-state index is -0.573. The van der Waals surface area contributed by atoms with Crippen molar-refractivity contribution in [1.82, 2.24) is 0 Å². The molecule has 0 atom stereocenters.